The largest absolute Gasteiger partial charge is 0.472 e. The molecule has 10 heteroatoms. The van der Waals surface area contributed by atoms with Gasteiger partial charge in [-0.15, -0.1) is 0 Å². The summed E-state index contributed by atoms with van der Waals surface area (Å²) in [7, 11) is -4.34. The highest BCUT2D eigenvalue weighted by Gasteiger charge is 2.25. The van der Waals surface area contributed by atoms with Crippen molar-refractivity contribution in [3.05, 3.63) is 0 Å². The number of nitrogens with two attached hydrogens (primary N) is 1. The molecule has 2 unspecified atom stereocenters. The summed E-state index contributed by atoms with van der Waals surface area (Å²) in [6.07, 6.45) is 21.9. The highest BCUT2D eigenvalue weighted by Crippen LogP contribution is 2.43. The fraction of sp³-hybridized carbons (Fsp3) is 0.933. The van der Waals surface area contributed by atoms with E-state index in [9.17, 15) is 19.0 Å². The first-order chi connectivity index (χ1) is 19.3. The third-order valence-corrected chi connectivity index (χ3v) is 7.73. The molecule has 0 aromatic heterocycles. The highest BCUT2D eigenvalue weighted by atomic mass is 31.2. The molecular weight excluding hydrogens is 533 g/mol. The van der Waals surface area contributed by atoms with Gasteiger partial charge in [0.1, 0.15) is 6.61 Å². The molecule has 0 spiro atoms. The lowest BCUT2D eigenvalue weighted by Crippen LogP contribution is -2.29. The molecule has 0 aromatic carbocycles. The maximum absolute atomic E-state index is 12.4. The van der Waals surface area contributed by atoms with E-state index in [1.807, 2.05) is 0 Å². The fourth-order valence-electron chi connectivity index (χ4n) is 4.34. The average molecular weight is 594 g/mol. The van der Waals surface area contributed by atoms with E-state index in [4.69, 9.17) is 24.3 Å². The molecule has 0 radical (unpaired) electrons. The van der Waals surface area contributed by atoms with Crippen molar-refractivity contribution in [1.82, 2.24) is 0 Å². The molecule has 0 aromatic rings. The maximum atomic E-state index is 12.4. The number of phosphoric acid groups is 1. The quantitative estimate of drug-likeness (QED) is 0.0486. The Hall–Kier alpha value is -0.990. The molecule has 40 heavy (non-hydrogen) atoms. The summed E-state index contributed by atoms with van der Waals surface area (Å²) in [6, 6.07) is 0. The van der Waals surface area contributed by atoms with E-state index >= 15 is 0 Å². The Morgan fingerprint density at radius 2 is 1.07 bits per heavy atom. The van der Waals surface area contributed by atoms with Gasteiger partial charge in [-0.25, -0.2) is 4.57 Å². The van der Waals surface area contributed by atoms with E-state index in [0.717, 1.165) is 38.5 Å². The minimum atomic E-state index is -4.34. The maximum Gasteiger partial charge on any atom is 0.472 e. The first kappa shape index (κ1) is 39.0. The van der Waals surface area contributed by atoms with Crippen molar-refractivity contribution in [3.63, 3.8) is 0 Å². The Kier molecular flexibility index (Phi) is 27.4. The van der Waals surface area contributed by atoms with Crippen LogP contribution in [0.5, 0.6) is 0 Å². The zero-order chi connectivity index (χ0) is 29.7. The number of esters is 2. The molecular formula is C30H60NO8P. The van der Waals surface area contributed by atoms with Gasteiger partial charge in [-0.05, 0) is 12.8 Å². The lowest BCUT2D eigenvalue weighted by Gasteiger charge is -2.19. The summed E-state index contributed by atoms with van der Waals surface area (Å²) in [5.41, 5.74) is 5.29. The standard InChI is InChI=1S/C30H60NO8P/c1-3-5-7-9-10-11-12-13-14-15-16-17-18-19-21-23-30(33)39-28(27-38-40(34,35)37-25-24-31)26-36-29(32)22-20-8-6-4-2/h28H,3-27,31H2,1-2H3,(H,34,35). The van der Waals surface area contributed by atoms with Crippen molar-refractivity contribution < 1.29 is 37.6 Å². The zero-order valence-corrected chi connectivity index (χ0v) is 26.5. The molecule has 0 aliphatic heterocycles. The number of hydrogen-bond donors (Lipinski definition) is 2. The third-order valence-electron chi connectivity index (χ3n) is 6.74. The van der Waals surface area contributed by atoms with Crippen LogP contribution in [0.4, 0.5) is 0 Å². The predicted molar refractivity (Wildman–Crippen MR) is 160 cm³/mol. The molecule has 0 saturated heterocycles. The van der Waals surface area contributed by atoms with Gasteiger partial charge in [-0.1, -0.05) is 123 Å². The van der Waals surface area contributed by atoms with Gasteiger partial charge in [0.2, 0.25) is 0 Å². The van der Waals surface area contributed by atoms with Crippen LogP contribution < -0.4 is 5.73 Å². The monoisotopic (exact) mass is 593 g/mol. The van der Waals surface area contributed by atoms with Gasteiger partial charge in [0.15, 0.2) is 6.10 Å². The summed E-state index contributed by atoms with van der Waals surface area (Å²) in [5, 5.41) is 0. The Balaban J connectivity index is 4.12. The first-order valence-corrected chi connectivity index (χ1v) is 17.5. The van der Waals surface area contributed by atoms with Crippen LogP contribution in [-0.4, -0.2) is 49.3 Å². The van der Waals surface area contributed by atoms with E-state index in [2.05, 4.69) is 13.8 Å². The van der Waals surface area contributed by atoms with Crippen LogP contribution in [0.1, 0.15) is 149 Å². The Morgan fingerprint density at radius 1 is 0.650 bits per heavy atom. The predicted octanol–water partition coefficient (Wildman–Crippen LogP) is 7.77. The number of carbonyl (C=O) groups is 2. The molecule has 0 fully saturated rings. The summed E-state index contributed by atoms with van der Waals surface area (Å²) in [6.45, 7) is 3.59. The number of carbonyl (C=O) groups excluding carboxylic acids is 2. The Morgan fingerprint density at radius 3 is 1.55 bits per heavy atom. The molecule has 3 N–H and O–H groups in total. The van der Waals surface area contributed by atoms with Gasteiger partial charge >= 0.3 is 19.8 Å². The van der Waals surface area contributed by atoms with Crippen LogP contribution in [-0.2, 0) is 32.7 Å². The van der Waals surface area contributed by atoms with Crippen LogP contribution in [0.2, 0.25) is 0 Å². The smallest absolute Gasteiger partial charge is 0.462 e. The van der Waals surface area contributed by atoms with Crippen molar-refractivity contribution in [2.45, 2.75) is 155 Å². The molecule has 0 saturated carbocycles. The van der Waals surface area contributed by atoms with Crippen LogP contribution in [0.3, 0.4) is 0 Å². The summed E-state index contributed by atoms with van der Waals surface area (Å²) >= 11 is 0. The number of unbranched alkanes of at least 4 members (excludes halogenated alkanes) is 17. The first-order valence-electron chi connectivity index (χ1n) is 16.0. The molecule has 0 bridgehead atoms. The van der Waals surface area contributed by atoms with E-state index < -0.39 is 32.5 Å². The van der Waals surface area contributed by atoms with Gasteiger partial charge in [-0.3, -0.25) is 18.6 Å². The van der Waals surface area contributed by atoms with Crippen molar-refractivity contribution in [2.24, 2.45) is 5.73 Å². The molecule has 0 aliphatic carbocycles. The Bertz CT molecular complexity index is 649. The van der Waals surface area contributed by atoms with Gasteiger partial charge in [-0.2, -0.15) is 0 Å². The number of ether oxygens (including phenoxy) is 2. The van der Waals surface area contributed by atoms with Crippen LogP contribution in [0, 0.1) is 0 Å². The zero-order valence-electron chi connectivity index (χ0n) is 25.6. The number of phosphoric ester groups is 1. The van der Waals surface area contributed by atoms with Crippen LogP contribution >= 0.6 is 7.82 Å². The minimum absolute atomic E-state index is 0.0568. The topological polar surface area (TPSA) is 134 Å². The van der Waals surface area contributed by atoms with Gasteiger partial charge in [0, 0.05) is 19.4 Å². The lowest BCUT2D eigenvalue weighted by molar-refractivity contribution is -0.161. The van der Waals surface area contributed by atoms with Crippen molar-refractivity contribution in [1.29, 1.82) is 0 Å². The summed E-state index contributed by atoms with van der Waals surface area (Å²) < 4.78 is 32.2. The van der Waals surface area contributed by atoms with Crippen molar-refractivity contribution in [3.8, 4) is 0 Å². The number of hydrogen-bond acceptors (Lipinski definition) is 8. The number of rotatable bonds is 30. The van der Waals surface area contributed by atoms with Gasteiger partial charge in [0.05, 0.1) is 13.2 Å². The van der Waals surface area contributed by atoms with Crippen LogP contribution in [0.15, 0.2) is 0 Å². The van der Waals surface area contributed by atoms with E-state index in [1.54, 1.807) is 0 Å². The fourth-order valence-corrected chi connectivity index (χ4v) is 5.10. The summed E-state index contributed by atoms with van der Waals surface area (Å²) in [5.74, 6) is -0.843. The second-order valence-corrected chi connectivity index (χ2v) is 12.1. The van der Waals surface area contributed by atoms with E-state index in [-0.39, 0.29) is 32.6 Å². The molecule has 0 rings (SSSR count). The minimum Gasteiger partial charge on any atom is -0.462 e. The van der Waals surface area contributed by atoms with E-state index in [1.165, 1.54) is 77.0 Å². The van der Waals surface area contributed by atoms with Gasteiger partial charge in [0.25, 0.3) is 0 Å². The Labute approximate surface area is 244 Å². The third kappa shape index (κ3) is 27.2. The average Bonchev–Trinajstić information content (AvgIpc) is 2.93. The van der Waals surface area contributed by atoms with Crippen molar-refractivity contribution >= 4 is 19.8 Å². The SMILES string of the molecule is CCCCCCCCCCCCCCCCCC(=O)OC(COC(=O)CCCCCC)COP(=O)(O)OCCN. The molecule has 0 heterocycles. The molecule has 2 atom stereocenters. The molecule has 9 nitrogen and oxygen atoms in total. The van der Waals surface area contributed by atoms with Gasteiger partial charge < -0.3 is 20.1 Å². The summed E-state index contributed by atoms with van der Waals surface area (Å²) in [4.78, 5) is 34.1. The highest BCUT2D eigenvalue weighted by molar-refractivity contribution is 7.47. The molecule has 0 amide bonds. The molecule has 238 valence electrons. The van der Waals surface area contributed by atoms with Crippen LogP contribution in [0.25, 0.3) is 0 Å². The molecule has 0 aliphatic rings. The second-order valence-electron chi connectivity index (χ2n) is 10.7. The lowest BCUT2D eigenvalue weighted by atomic mass is 10.0. The second kappa shape index (κ2) is 28.1. The van der Waals surface area contributed by atoms with Crippen molar-refractivity contribution in [2.75, 3.05) is 26.4 Å². The normalized spacial score (nSPS) is 13.6. The van der Waals surface area contributed by atoms with E-state index in [0.29, 0.717) is 6.42 Å².